The number of aliphatic hydroxyl groups excluding tert-OH is 2. The number of hydrogen-bond acceptors (Lipinski definition) is 8. The van der Waals surface area contributed by atoms with Crippen LogP contribution in [-0.2, 0) is 9.47 Å². The zero-order valence-corrected chi connectivity index (χ0v) is 11.9. The van der Waals surface area contributed by atoms with Crippen LogP contribution in [-0.4, -0.2) is 62.3 Å². The second kappa shape index (κ2) is 6.76. The van der Waals surface area contributed by atoms with Crippen LogP contribution in [0.15, 0.2) is 12.7 Å². The van der Waals surface area contributed by atoms with Gasteiger partial charge in [-0.1, -0.05) is 0 Å². The van der Waals surface area contributed by atoms with Gasteiger partial charge in [0.15, 0.2) is 17.7 Å². The van der Waals surface area contributed by atoms with Crippen molar-refractivity contribution < 1.29 is 19.7 Å². The first-order valence-electron chi connectivity index (χ1n) is 6.45. The van der Waals surface area contributed by atoms with Gasteiger partial charge in [0.25, 0.3) is 0 Å². The third-order valence-corrected chi connectivity index (χ3v) is 3.17. The van der Waals surface area contributed by atoms with Gasteiger partial charge < -0.3 is 25.4 Å². The largest absolute Gasteiger partial charge is 0.394 e. The van der Waals surface area contributed by atoms with Gasteiger partial charge >= 0.3 is 0 Å². The quantitative estimate of drug-likeness (QED) is 0.612. The van der Waals surface area contributed by atoms with E-state index in [1.807, 2.05) is 0 Å². The Hall–Kier alpha value is -1.81. The van der Waals surface area contributed by atoms with Gasteiger partial charge in [0.2, 0.25) is 0 Å². The molecule has 0 aliphatic rings. The average molecular weight is 297 g/mol. The molecule has 0 spiro atoms. The summed E-state index contributed by atoms with van der Waals surface area (Å²) >= 11 is 0. The summed E-state index contributed by atoms with van der Waals surface area (Å²) in [6.45, 7) is 1.17. The lowest BCUT2D eigenvalue weighted by molar-refractivity contribution is -0.142. The zero-order chi connectivity index (χ0) is 15.4. The van der Waals surface area contributed by atoms with E-state index < -0.39 is 12.3 Å². The molecule has 0 bridgehead atoms. The molecule has 2 aromatic rings. The lowest BCUT2D eigenvalue weighted by Crippen LogP contribution is -2.33. The highest BCUT2D eigenvalue weighted by molar-refractivity contribution is 5.81. The van der Waals surface area contributed by atoms with Gasteiger partial charge in [0, 0.05) is 7.11 Å². The lowest BCUT2D eigenvalue weighted by Gasteiger charge is -2.27. The minimum Gasteiger partial charge on any atom is -0.394 e. The van der Waals surface area contributed by atoms with E-state index in [1.165, 1.54) is 19.8 Å². The summed E-state index contributed by atoms with van der Waals surface area (Å²) < 4.78 is 12.6. The molecule has 0 unspecified atom stereocenters. The first kappa shape index (κ1) is 15.6. The van der Waals surface area contributed by atoms with Gasteiger partial charge in [-0.2, -0.15) is 0 Å². The molecule has 0 radical (unpaired) electrons. The van der Waals surface area contributed by atoms with E-state index in [0.29, 0.717) is 11.2 Å². The maximum absolute atomic E-state index is 9.19. The van der Waals surface area contributed by atoms with E-state index in [4.69, 9.17) is 15.2 Å². The van der Waals surface area contributed by atoms with Crippen LogP contribution in [0.1, 0.15) is 13.2 Å². The Labute approximate surface area is 121 Å². The number of anilines is 1. The second-order valence-corrected chi connectivity index (χ2v) is 4.54. The first-order valence-corrected chi connectivity index (χ1v) is 6.45. The number of rotatable bonds is 7. The summed E-state index contributed by atoms with van der Waals surface area (Å²) in [6.07, 6.45) is 1.13. The Morgan fingerprint density at radius 3 is 2.62 bits per heavy atom. The van der Waals surface area contributed by atoms with Crippen molar-refractivity contribution in [2.75, 3.05) is 26.1 Å². The number of nitrogens with zero attached hydrogens (tertiary/aromatic N) is 4. The van der Waals surface area contributed by atoms with E-state index in [-0.39, 0.29) is 25.1 Å². The van der Waals surface area contributed by atoms with Gasteiger partial charge in [0.05, 0.1) is 25.6 Å². The number of aliphatic hydroxyl groups is 2. The SMILES string of the molecule is CO[C@@H](C)[C@@H](OC(CO)CO)n1cnc2c(N)ncnc21. The third-order valence-electron chi connectivity index (χ3n) is 3.17. The maximum atomic E-state index is 9.19. The van der Waals surface area contributed by atoms with Gasteiger partial charge in [-0.05, 0) is 6.92 Å². The van der Waals surface area contributed by atoms with E-state index in [1.54, 1.807) is 11.5 Å². The fourth-order valence-electron chi connectivity index (χ4n) is 1.92. The summed E-state index contributed by atoms with van der Waals surface area (Å²) in [5, 5.41) is 18.4. The van der Waals surface area contributed by atoms with Crippen LogP contribution in [0.2, 0.25) is 0 Å². The molecule has 2 aromatic heterocycles. The molecule has 0 saturated carbocycles. The predicted octanol–water partition coefficient (Wildman–Crippen LogP) is -0.688. The molecule has 2 rings (SSSR count). The topological polar surface area (TPSA) is 129 Å². The molecule has 4 N–H and O–H groups in total. The molecular weight excluding hydrogens is 278 g/mol. The summed E-state index contributed by atoms with van der Waals surface area (Å²) in [5.74, 6) is 0.267. The molecular formula is C12H19N5O4. The van der Waals surface area contributed by atoms with Crippen molar-refractivity contribution in [3.8, 4) is 0 Å². The van der Waals surface area contributed by atoms with Crippen molar-refractivity contribution >= 4 is 17.0 Å². The highest BCUT2D eigenvalue weighted by atomic mass is 16.6. The van der Waals surface area contributed by atoms with Gasteiger partial charge in [-0.3, -0.25) is 4.57 Å². The third kappa shape index (κ3) is 3.10. The maximum Gasteiger partial charge on any atom is 0.167 e. The normalized spacial score (nSPS) is 14.7. The molecule has 116 valence electrons. The summed E-state index contributed by atoms with van der Waals surface area (Å²) in [6, 6.07) is 0. The fourth-order valence-corrected chi connectivity index (χ4v) is 1.92. The summed E-state index contributed by atoms with van der Waals surface area (Å²) in [7, 11) is 1.54. The van der Waals surface area contributed by atoms with Crippen LogP contribution in [0.25, 0.3) is 11.2 Å². The van der Waals surface area contributed by atoms with Crippen molar-refractivity contribution in [3.05, 3.63) is 12.7 Å². The molecule has 21 heavy (non-hydrogen) atoms. The summed E-state index contributed by atoms with van der Waals surface area (Å²) in [4.78, 5) is 12.2. The number of methoxy groups -OCH3 is 1. The minimum absolute atomic E-state index is 0.267. The second-order valence-electron chi connectivity index (χ2n) is 4.54. The standard InChI is InChI=1S/C12H19N5O4/c1-7(20-2)12(21-8(3-18)4-19)17-6-16-9-10(13)14-5-15-11(9)17/h5-8,12,18-19H,3-4H2,1-2H3,(H2,13,14,15)/t7-,12+/m0/s1. The molecule has 0 amide bonds. The predicted molar refractivity (Wildman–Crippen MR) is 74.3 cm³/mol. The fraction of sp³-hybridized carbons (Fsp3) is 0.583. The van der Waals surface area contributed by atoms with Crippen LogP contribution in [0.5, 0.6) is 0 Å². The van der Waals surface area contributed by atoms with Gasteiger partial charge in [0.1, 0.15) is 17.9 Å². The summed E-state index contributed by atoms with van der Waals surface area (Å²) in [5.41, 5.74) is 6.70. The van der Waals surface area contributed by atoms with Crippen molar-refractivity contribution in [1.82, 2.24) is 19.5 Å². The highest BCUT2D eigenvalue weighted by Crippen LogP contribution is 2.24. The Balaban J connectivity index is 2.41. The van der Waals surface area contributed by atoms with Crippen molar-refractivity contribution in [2.45, 2.75) is 25.4 Å². The zero-order valence-electron chi connectivity index (χ0n) is 11.9. The number of ether oxygens (including phenoxy) is 2. The monoisotopic (exact) mass is 297 g/mol. The molecule has 0 aliphatic carbocycles. The van der Waals surface area contributed by atoms with E-state index in [2.05, 4.69) is 15.0 Å². The Morgan fingerprint density at radius 1 is 1.29 bits per heavy atom. The van der Waals surface area contributed by atoms with Crippen LogP contribution < -0.4 is 5.73 Å². The number of hydrogen-bond donors (Lipinski definition) is 3. The lowest BCUT2D eigenvalue weighted by atomic mass is 10.3. The first-order chi connectivity index (χ1) is 10.1. The van der Waals surface area contributed by atoms with Gasteiger partial charge in [-0.25, -0.2) is 15.0 Å². The Kier molecular flexibility index (Phi) is 5.02. The van der Waals surface area contributed by atoms with E-state index >= 15 is 0 Å². The molecule has 0 fully saturated rings. The Morgan fingerprint density at radius 2 is 2.00 bits per heavy atom. The van der Waals surface area contributed by atoms with Crippen LogP contribution in [0, 0.1) is 0 Å². The number of aromatic nitrogens is 4. The molecule has 2 atom stereocenters. The highest BCUT2D eigenvalue weighted by Gasteiger charge is 2.26. The van der Waals surface area contributed by atoms with Crippen molar-refractivity contribution in [3.63, 3.8) is 0 Å². The molecule has 2 heterocycles. The average Bonchev–Trinajstić information content (AvgIpc) is 2.93. The molecule has 0 aromatic carbocycles. The molecule has 9 heteroatoms. The number of nitrogens with two attached hydrogens (primary N) is 1. The molecule has 9 nitrogen and oxygen atoms in total. The molecule has 0 aliphatic heterocycles. The number of imidazole rings is 1. The van der Waals surface area contributed by atoms with Crippen molar-refractivity contribution in [2.24, 2.45) is 0 Å². The van der Waals surface area contributed by atoms with Gasteiger partial charge in [-0.15, -0.1) is 0 Å². The van der Waals surface area contributed by atoms with Crippen molar-refractivity contribution in [1.29, 1.82) is 0 Å². The smallest absolute Gasteiger partial charge is 0.167 e. The van der Waals surface area contributed by atoms with E-state index in [9.17, 15) is 10.2 Å². The molecule has 0 saturated heterocycles. The van der Waals surface area contributed by atoms with E-state index in [0.717, 1.165) is 0 Å². The van der Waals surface area contributed by atoms with Crippen LogP contribution >= 0.6 is 0 Å². The minimum atomic E-state index is -0.732. The van der Waals surface area contributed by atoms with Crippen LogP contribution in [0.3, 0.4) is 0 Å². The number of nitrogen functional groups attached to an aromatic ring is 1. The Bertz CT molecular complexity index is 586. The number of fused-ring (bicyclic) bond motifs is 1. The van der Waals surface area contributed by atoms with Crippen LogP contribution in [0.4, 0.5) is 5.82 Å².